The van der Waals surface area contributed by atoms with Gasteiger partial charge in [0, 0.05) is 5.02 Å². The minimum Gasteiger partial charge on any atom is -0.464 e. The van der Waals surface area contributed by atoms with Gasteiger partial charge in [0.1, 0.15) is 0 Å². The second kappa shape index (κ2) is 11.2. The molecular formula is C21H25ClO5S. The predicted octanol–water partition coefficient (Wildman–Crippen LogP) is 4.78. The summed E-state index contributed by atoms with van der Waals surface area (Å²) in [4.78, 5) is 12.2. The summed E-state index contributed by atoms with van der Waals surface area (Å²) in [6.45, 7) is 1.84. The molecule has 0 aliphatic rings. The van der Waals surface area contributed by atoms with Crippen LogP contribution >= 0.6 is 11.6 Å². The molecule has 0 radical (unpaired) electrons. The molecule has 28 heavy (non-hydrogen) atoms. The first-order valence-electron chi connectivity index (χ1n) is 9.32. The average Bonchev–Trinajstić information content (AvgIpc) is 2.69. The number of aryl methyl sites for hydroxylation is 1. The van der Waals surface area contributed by atoms with Gasteiger partial charge >= 0.3 is 5.97 Å². The monoisotopic (exact) mass is 424 g/mol. The van der Waals surface area contributed by atoms with Crippen molar-refractivity contribution >= 4 is 27.7 Å². The maximum absolute atomic E-state index is 12.4. The molecule has 7 heteroatoms. The molecular weight excluding hydrogens is 400 g/mol. The molecule has 2 rings (SSSR count). The lowest BCUT2D eigenvalue weighted by Gasteiger charge is -2.16. The third kappa shape index (κ3) is 7.26. The van der Waals surface area contributed by atoms with Crippen LogP contribution in [0.15, 0.2) is 59.5 Å². The Hall–Kier alpha value is -1.89. The molecule has 152 valence electrons. The fourth-order valence-corrected chi connectivity index (χ4v) is 3.93. The molecule has 0 spiro atoms. The van der Waals surface area contributed by atoms with Crippen LogP contribution in [0.5, 0.6) is 0 Å². The number of hydrogen-bond acceptors (Lipinski definition) is 5. The third-order valence-electron chi connectivity index (χ3n) is 4.17. The molecule has 0 heterocycles. The first-order chi connectivity index (χ1) is 13.4. The van der Waals surface area contributed by atoms with Crippen molar-refractivity contribution in [1.82, 2.24) is 0 Å². The Morgan fingerprint density at radius 2 is 1.68 bits per heavy atom. The minimum absolute atomic E-state index is 0.0204. The number of ether oxygens (including phenoxy) is 1. The molecule has 0 fully saturated rings. The summed E-state index contributed by atoms with van der Waals surface area (Å²) in [5.41, 5.74) is 1.19. The summed E-state index contributed by atoms with van der Waals surface area (Å²) < 4.78 is 35.0. The summed E-state index contributed by atoms with van der Waals surface area (Å²) in [6.07, 6.45) is 2.45. The zero-order valence-electron chi connectivity index (χ0n) is 15.8. The van der Waals surface area contributed by atoms with E-state index in [1.165, 1.54) is 17.7 Å². The predicted molar refractivity (Wildman–Crippen MR) is 109 cm³/mol. The Morgan fingerprint density at radius 1 is 1.00 bits per heavy atom. The van der Waals surface area contributed by atoms with Crippen LogP contribution in [-0.4, -0.2) is 27.1 Å². The van der Waals surface area contributed by atoms with Gasteiger partial charge in [0.05, 0.1) is 11.5 Å². The summed E-state index contributed by atoms with van der Waals surface area (Å²) in [6, 6.07) is 15.5. The molecule has 0 aliphatic heterocycles. The lowest BCUT2D eigenvalue weighted by atomic mass is 10.0. The van der Waals surface area contributed by atoms with E-state index >= 15 is 0 Å². The molecule has 0 bridgehead atoms. The number of benzene rings is 2. The minimum atomic E-state index is -4.03. The first-order valence-corrected chi connectivity index (χ1v) is 11.1. The van der Waals surface area contributed by atoms with Gasteiger partial charge in [-0.3, -0.25) is 4.18 Å². The number of halogens is 1. The second-order valence-corrected chi connectivity index (χ2v) is 8.34. The van der Waals surface area contributed by atoms with E-state index in [4.69, 9.17) is 20.5 Å². The molecule has 1 atom stereocenters. The van der Waals surface area contributed by atoms with E-state index < -0.39 is 22.2 Å². The van der Waals surface area contributed by atoms with Crippen LogP contribution in [0.4, 0.5) is 0 Å². The summed E-state index contributed by atoms with van der Waals surface area (Å²) in [5, 5.41) is 0.706. The van der Waals surface area contributed by atoms with E-state index in [-0.39, 0.29) is 17.9 Å². The number of unbranched alkanes of at least 4 members (excludes halogenated alkanes) is 2. The van der Waals surface area contributed by atoms with E-state index in [9.17, 15) is 13.2 Å². The van der Waals surface area contributed by atoms with E-state index in [2.05, 4.69) is 0 Å². The maximum atomic E-state index is 12.4. The Labute approximate surface area is 171 Å². The van der Waals surface area contributed by atoms with E-state index in [1.54, 1.807) is 25.1 Å². The largest absolute Gasteiger partial charge is 0.464 e. The van der Waals surface area contributed by atoms with Crippen molar-refractivity contribution in [2.75, 3.05) is 6.61 Å². The molecule has 5 nitrogen and oxygen atoms in total. The van der Waals surface area contributed by atoms with Crippen LogP contribution < -0.4 is 0 Å². The van der Waals surface area contributed by atoms with Gasteiger partial charge in [0.2, 0.25) is 0 Å². The van der Waals surface area contributed by atoms with Crippen molar-refractivity contribution < 1.29 is 22.1 Å². The smallest absolute Gasteiger partial charge is 0.336 e. The molecule has 0 aliphatic carbocycles. The summed E-state index contributed by atoms with van der Waals surface area (Å²) in [7, 11) is -4.03. The molecule has 0 N–H and O–H groups in total. The molecule has 0 saturated heterocycles. The van der Waals surface area contributed by atoms with Crippen LogP contribution in [0.3, 0.4) is 0 Å². The van der Waals surface area contributed by atoms with Gasteiger partial charge < -0.3 is 4.74 Å². The normalized spacial score (nSPS) is 12.5. The average molecular weight is 425 g/mol. The van der Waals surface area contributed by atoms with Crippen molar-refractivity contribution in [3.05, 3.63) is 65.2 Å². The van der Waals surface area contributed by atoms with Gasteiger partial charge in [-0.25, -0.2) is 4.79 Å². The molecule has 2 aromatic rings. The van der Waals surface area contributed by atoms with Crippen molar-refractivity contribution in [2.45, 2.75) is 50.0 Å². The van der Waals surface area contributed by atoms with Crippen molar-refractivity contribution in [3.8, 4) is 0 Å². The lowest BCUT2D eigenvalue weighted by Crippen LogP contribution is -2.29. The first kappa shape index (κ1) is 22.4. The summed E-state index contributed by atoms with van der Waals surface area (Å²) >= 11 is 5.88. The zero-order valence-corrected chi connectivity index (χ0v) is 17.4. The fraction of sp³-hybridized carbons (Fsp3) is 0.381. The number of hydrogen-bond donors (Lipinski definition) is 0. The highest BCUT2D eigenvalue weighted by Gasteiger charge is 2.28. The zero-order chi connectivity index (χ0) is 20.4. The van der Waals surface area contributed by atoms with E-state index in [0.717, 1.165) is 19.3 Å². The van der Waals surface area contributed by atoms with Crippen LogP contribution in [-0.2, 0) is 30.3 Å². The van der Waals surface area contributed by atoms with Crippen LogP contribution in [0.25, 0.3) is 0 Å². The van der Waals surface area contributed by atoms with Gasteiger partial charge in [-0.2, -0.15) is 8.42 Å². The highest BCUT2D eigenvalue weighted by atomic mass is 35.5. The Bertz CT molecular complexity index is 835. The molecule has 0 aromatic heterocycles. The topological polar surface area (TPSA) is 69.7 Å². The number of esters is 1. The fourth-order valence-electron chi connectivity index (χ4n) is 2.72. The third-order valence-corrected chi connectivity index (χ3v) is 5.76. The van der Waals surface area contributed by atoms with Gasteiger partial charge in [-0.1, -0.05) is 54.8 Å². The maximum Gasteiger partial charge on any atom is 0.336 e. The standard InChI is InChI=1S/C21H25ClO5S/c1-2-26-21(23)20(27-28(24,25)19-10-6-4-7-11-19)12-8-3-5-9-17-13-15-18(22)16-14-17/h4,6-7,10-11,13-16,20H,2-3,5,8-9,12H2,1H3. The molecule has 0 saturated carbocycles. The van der Waals surface area contributed by atoms with Gasteiger partial charge in [0.15, 0.2) is 6.10 Å². The van der Waals surface area contributed by atoms with E-state index in [1.807, 2.05) is 24.3 Å². The highest BCUT2D eigenvalue weighted by Crippen LogP contribution is 2.19. The van der Waals surface area contributed by atoms with Crippen molar-refractivity contribution in [1.29, 1.82) is 0 Å². The Morgan fingerprint density at radius 3 is 2.32 bits per heavy atom. The van der Waals surface area contributed by atoms with Gasteiger partial charge in [-0.15, -0.1) is 0 Å². The number of carbonyl (C=O) groups excluding carboxylic acids is 1. The quantitative estimate of drug-likeness (QED) is 0.295. The van der Waals surface area contributed by atoms with Crippen LogP contribution in [0, 0.1) is 0 Å². The van der Waals surface area contributed by atoms with Crippen molar-refractivity contribution in [2.24, 2.45) is 0 Å². The lowest BCUT2D eigenvalue weighted by molar-refractivity contribution is -0.151. The number of carbonyl (C=O) groups is 1. The number of rotatable bonds is 11. The van der Waals surface area contributed by atoms with E-state index in [0.29, 0.717) is 11.4 Å². The van der Waals surface area contributed by atoms with Crippen LogP contribution in [0.1, 0.15) is 38.2 Å². The van der Waals surface area contributed by atoms with Gasteiger partial charge in [-0.05, 0) is 56.0 Å². The highest BCUT2D eigenvalue weighted by molar-refractivity contribution is 7.86. The summed E-state index contributed by atoms with van der Waals surface area (Å²) in [5.74, 6) is -0.653. The molecule has 1 unspecified atom stereocenters. The van der Waals surface area contributed by atoms with Crippen LogP contribution in [0.2, 0.25) is 5.02 Å². The molecule has 0 amide bonds. The Kier molecular flexibility index (Phi) is 8.96. The van der Waals surface area contributed by atoms with Crippen molar-refractivity contribution in [3.63, 3.8) is 0 Å². The van der Waals surface area contributed by atoms with Gasteiger partial charge in [0.25, 0.3) is 10.1 Å². The second-order valence-electron chi connectivity index (χ2n) is 6.33. The SMILES string of the molecule is CCOC(=O)C(CCCCCc1ccc(Cl)cc1)OS(=O)(=O)c1ccccc1. The Balaban J connectivity index is 1.88. The molecule has 2 aromatic carbocycles.